The van der Waals surface area contributed by atoms with E-state index in [0.717, 1.165) is 11.3 Å². The SMILES string of the molecule is CC[C@@H]1CN(Cc2cc([C@H](c3ccc4c(nnn4CC)c3F)C(C)(C)C(=O)O)sc2Cl)S(=O)(=O)c2ccccc2O1. The summed E-state index contributed by atoms with van der Waals surface area (Å²) >= 11 is 7.80. The fraction of sp³-hybridized carbons (Fsp3) is 0.393. The van der Waals surface area contributed by atoms with Crippen LogP contribution in [0, 0.1) is 11.2 Å². The molecule has 0 radical (unpaired) electrons. The Morgan fingerprint density at radius 3 is 2.68 bits per heavy atom. The van der Waals surface area contributed by atoms with Crippen molar-refractivity contribution in [1.82, 2.24) is 19.3 Å². The Morgan fingerprint density at radius 1 is 1.27 bits per heavy atom. The molecule has 218 valence electrons. The third-order valence-electron chi connectivity index (χ3n) is 7.57. The van der Waals surface area contributed by atoms with Gasteiger partial charge in [0, 0.05) is 23.9 Å². The maximum atomic E-state index is 16.0. The molecule has 0 fully saturated rings. The van der Waals surface area contributed by atoms with Crippen molar-refractivity contribution in [2.45, 2.75) is 64.1 Å². The molecule has 2 aromatic heterocycles. The quantitative estimate of drug-likeness (QED) is 0.260. The molecule has 0 aliphatic carbocycles. The molecule has 0 saturated heterocycles. The molecule has 1 aliphatic heterocycles. The molecule has 1 N–H and O–H groups in total. The summed E-state index contributed by atoms with van der Waals surface area (Å²) < 4.78 is 52.5. The Kier molecular flexibility index (Phi) is 7.88. The lowest BCUT2D eigenvalue weighted by Crippen LogP contribution is -2.36. The fourth-order valence-electron chi connectivity index (χ4n) is 5.17. The number of thiophene rings is 1. The number of carboxylic acids is 1. The van der Waals surface area contributed by atoms with Crippen molar-refractivity contribution >= 4 is 50.0 Å². The van der Waals surface area contributed by atoms with Crippen LogP contribution >= 0.6 is 22.9 Å². The summed E-state index contributed by atoms with van der Waals surface area (Å²) in [5.74, 6) is -2.42. The number of benzene rings is 2. The van der Waals surface area contributed by atoms with Crippen molar-refractivity contribution in [3.8, 4) is 5.75 Å². The number of carbonyl (C=O) groups is 1. The number of carboxylic acid groups (broad SMARTS) is 1. The Morgan fingerprint density at radius 2 is 2.00 bits per heavy atom. The molecular formula is C28H30ClFN4O5S2. The van der Waals surface area contributed by atoms with Crippen molar-refractivity contribution < 1.29 is 27.4 Å². The van der Waals surface area contributed by atoms with E-state index in [1.54, 1.807) is 41.1 Å². The summed E-state index contributed by atoms with van der Waals surface area (Å²) in [5, 5.41) is 18.2. The predicted octanol–water partition coefficient (Wildman–Crippen LogP) is 5.91. The highest BCUT2D eigenvalue weighted by molar-refractivity contribution is 7.89. The second kappa shape index (κ2) is 11.0. The topological polar surface area (TPSA) is 115 Å². The molecule has 13 heteroatoms. The van der Waals surface area contributed by atoms with E-state index in [1.807, 2.05) is 13.8 Å². The van der Waals surface area contributed by atoms with E-state index in [-0.39, 0.29) is 35.2 Å². The number of fused-ring (bicyclic) bond motifs is 2. The highest BCUT2D eigenvalue weighted by Gasteiger charge is 2.42. The molecule has 0 saturated carbocycles. The minimum absolute atomic E-state index is 0.0540. The van der Waals surface area contributed by atoms with Gasteiger partial charge in [0.2, 0.25) is 10.0 Å². The van der Waals surface area contributed by atoms with E-state index in [4.69, 9.17) is 16.3 Å². The van der Waals surface area contributed by atoms with Crippen LogP contribution in [0.1, 0.15) is 56.0 Å². The number of hydrogen-bond donors (Lipinski definition) is 1. The Balaban J connectivity index is 1.59. The number of nitrogens with zero attached hydrogens (tertiary/aromatic N) is 4. The molecule has 41 heavy (non-hydrogen) atoms. The number of rotatable bonds is 8. The van der Waals surface area contributed by atoms with E-state index in [1.165, 1.54) is 24.2 Å². The van der Waals surface area contributed by atoms with E-state index < -0.39 is 33.1 Å². The van der Waals surface area contributed by atoms with Crippen LogP contribution in [0.2, 0.25) is 4.34 Å². The first kappa shape index (κ1) is 29.4. The molecule has 0 unspecified atom stereocenters. The van der Waals surface area contributed by atoms with Gasteiger partial charge in [-0.3, -0.25) is 4.79 Å². The number of aromatic nitrogens is 3. The maximum Gasteiger partial charge on any atom is 0.310 e. The van der Waals surface area contributed by atoms with Crippen LogP contribution in [0.15, 0.2) is 47.4 Å². The number of hydrogen-bond acceptors (Lipinski definition) is 7. The number of ether oxygens (including phenoxy) is 1. The number of aliphatic carboxylic acids is 1. The second-order valence-electron chi connectivity index (χ2n) is 10.5. The van der Waals surface area contributed by atoms with Gasteiger partial charge in [0.05, 0.1) is 21.8 Å². The summed E-state index contributed by atoms with van der Waals surface area (Å²) in [5.41, 5.74) is -0.249. The van der Waals surface area contributed by atoms with Gasteiger partial charge in [-0.25, -0.2) is 17.5 Å². The van der Waals surface area contributed by atoms with Crippen molar-refractivity contribution in [3.63, 3.8) is 0 Å². The first-order chi connectivity index (χ1) is 19.4. The Bertz CT molecular complexity index is 1740. The largest absolute Gasteiger partial charge is 0.488 e. The van der Waals surface area contributed by atoms with Crippen molar-refractivity contribution in [1.29, 1.82) is 0 Å². The Hall–Kier alpha value is -3.06. The lowest BCUT2D eigenvalue weighted by molar-refractivity contribution is -0.147. The van der Waals surface area contributed by atoms with Crippen molar-refractivity contribution in [2.75, 3.05) is 6.54 Å². The standard InChI is InChI=1S/C28H30ClFN4O5S2/c1-5-17-15-33(41(37,38)22-10-8-7-9-20(22)39-17)14-16-13-21(40-26(16)29)23(28(3,4)27(35)36)18-11-12-19-25(24(18)30)31-32-34(19)6-2/h7-13,17,23H,5-6,14-15H2,1-4H3,(H,35,36)/t17-,23+/m1/s1. The summed E-state index contributed by atoms with van der Waals surface area (Å²) in [7, 11) is -3.93. The average Bonchev–Trinajstić information content (AvgIpc) is 3.49. The van der Waals surface area contributed by atoms with Crippen molar-refractivity contribution in [2.24, 2.45) is 5.41 Å². The van der Waals surface area contributed by atoms with Crippen LogP contribution in [0.5, 0.6) is 5.75 Å². The van der Waals surface area contributed by atoms with Crippen LogP contribution in [0.3, 0.4) is 0 Å². The van der Waals surface area contributed by atoms with Crippen LogP contribution in [-0.4, -0.2) is 51.4 Å². The van der Waals surface area contributed by atoms with Gasteiger partial charge in [0.25, 0.3) is 0 Å². The molecule has 0 spiro atoms. The first-order valence-corrected chi connectivity index (χ1v) is 15.8. The highest BCUT2D eigenvalue weighted by Crippen LogP contribution is 2.47. The van der Waals surface area contributed by atoms with Gasteiger partial charge >= 0.3 is 5.97 Å². The normalized spacial score (nSPS) is 18.0. The zero-order chi connectivity index (χ0) is 29.7. The maximum absolute atomic E-state index is 16.0. The van der Waals surface area contributed by atoms with Crippen LogP contribution < -0.4 is 4.74 Å². The van der Waals surface area contributed by atoms with E-state index in [2.05, 4.69) is 10.3 Å². The predicted molar refractivity (Wildman–Crippen MR) is 154 cm³/mol. The summed E-state index contributed by atoms with van der Waals surface area (Å²) in [6, 6.07) is 11.4. The van der Waals surface area contributed by atoms with Gasteiger partial charge in [0.1, 0.15) is 22.3 Å². The van der Waals surface area contributed by atoms with Gasteiger partial charge in [-0.2, -0.15) is 4.31 Å². The molecule has 2 aromatic carbocycles. The monoisotopic (exact) mass is 620 g/mol. The second-order valence-corrected chi connectivity index (χ2v) is 14.1. The third-order valence-corrected chi connectivity index (χ3v) is 10.9. The lowest BCUT2D eigenvalue weighted by atomic mass is 9.73. The van der Waals surface area contributed by atoms with E-state index in [0.29, 0.717) is 39.0 Å². The highest BCUT2D eigenvalue weighted by atomic mass is 35.5. The summed E-state index contributed by atoms with van der Waals surface area (Å²) in [4.78, 5) is 13.0. The molecule has 0 bridgehead atoms. The minimum atomic E-state index is -3.93. The van der Waals surface area contributed by atoms with Crippen LogP contribution in [0.4, 0.5) is 4.39 Å². The number of aryl methyl sites for hydroxylation is 1. The summed E-state index contributed by atoms with van der Waals surface area (Å²) in [6.07, 6.45) is 0.212. The lowest BCUT2D eigenvalue weighted by Gasteiger charge is -2.30. The zero-order valence-electron chi connectivity index (χ0n) is 23.0. The smallest absolute Gasteiger partial charge is 0.310 e. The summed E-state index contributed by atoms with van der Waals surface area (Å²) in [6.45, 7) is 7.39. The fourth-order valence-corrected chi connectivity index (χ4v) is 8.32. The van der Waals surface area contributed by atoms with Gasteiger partial charge < -0.3 is 9.84 Å². The van der Waals surface area contributed by atoms with Crippen molar-refractivity contribution in [3.05, 3.63) is 68.6 Å². The number of halogens is 2. The van der Waals surface area contributed by atoms with E-state index in [9.17, 15) is 18.3 Å². The zero-order valence-corrected chi connectivity index (χ0v) is 25.4. The van der Waals surface area contributed by atoms with E-state index >= 15 is 4.39 Å². The molecule has 5 rings (SSSR count). The molecule has 3 heterocycles. The minimum Gasteiger partial charge on any atom is -0.488 e. The molecule has 9 nitrogen and oxygen atoms in total. The number of para-hydroxylation sites is 1. The van der Waals surface area contributed by atoms with Gasteiger partial charge in [-0.05, 0) is 62.6 Å². The average molecular weight is 621 g/mol. The Labute approximate surface area is 246 Å². The van der Waals surface area contributed by atoms with Crippen LogP contribution in [0.25, 0.3) is 11.0 Å². The number of sulfonamides is 1. The van der Waals surface area contributed by atoms with Gasteiger partial charge in [-0.15, -0.1) is 16.4 Å². The molecular weight excluding hydrogens is 591 g/mol. The first-order valence-electron chi connectivity index (χ1n) is 13.2. The van der Waals surface area contributed by atoms with Crippen LogP contribution in [-0.2, 0) is 27.9 Å². The molecule has 2 atom stereocenters. The van der Waals surface area contributed by atoms with Gasteiger partial charge in [0.15, 0.2) is 5.82 Å². The molecule has 1 aliphatic rings. The molecule has 0 amide bonds. The molecule has 4 aromatic rings. The third kappa shape index (κ3) is 5.11. The van der Waals surface area contributed by atoms with Gasteiger partial charge in [-0.1, -0.05) is 41.9 Å².